The summed E-state index contributed by atoms with van der Waals surface area (Å²) in [4.78, 5) is 2.10. The third kappa shape index (κ3) is 33.8. The zero-order chi connectivity index (χ0) is 26.2. The van der Waals surface area contributed by atoms with Crippen molar-refractivity contribution >= 4 is 0 Å². The Morgan fingerprint density at radius 2 is 0.611 bits per heavy atom. The maximum Gasteiger partial charge on any atom is 0.0701 e. The first-order valence-corrected chi connectivity index (χ1v) is 15.3. The lowest BCUT2D eigenvalue weighted by Gasteiger charge is -2.10. The Morgan fingerprint density at radius 1 is 0.333 bits per heavy atom. The lowest BCUT2D eigenvalue weighted by atomic mass is 10.0. The predicted molar refractivity (Wildman–Crippen MR) is 152 cm³/mol. The molecule has 0 heterocycles. The molecule has 0 fully saturated rings. The van der Waals surface area contributed by atoms with E-state index in [0.717, 1.165) is 19.8 Å². The molecule has 0 N–H and O–H groups in total. The van der Waals surface area contributed by atoms with Gasteiger partial charge in [0.1, 0.15) is 0 Å². The van der Waals surface area contributed by atoms with Crippen molar-refractivity contribution in [1.29, 1.82) is 0 Å². The molecule has 0 saturated heterocycles. The van der Waals surface area contributed by atoms with E-state index in [1.807, 2.05) is 14.1 Å². The van der Waals surface area contributed by atoms with Crippen LogP contribution in [0, 0.1) is 0 Å². The molecule has 0 aliphatic heterocycles. The molecule has 0 aromatic carbocycles. The van der Waals surface area contributed by atoms with E-state index in [1.165, 1.54) is 103 Å². The minimum absolute atomic E-state index is 0.594. The molecule has 0 aliphatic rings. The number of unbranched alkanes of at least 4 members (excludes halogenated alkanes) is 15. The molecule has 0 spiro atoms. The summed E-state index contributed by atoms with van der Waals surface area (Å²) in [5.41, 5.74) is 0. The third-order valence-electron chi connectivity index (χ3n) is 6.31. The van der Waals surface area contributed by atoms with Crippen LogP contribution in [0.1, 0.15) is 110 Å². The van der Waals surface area contributed by atoms with Gasteiger partial charge in [-0.3, -0.25) is 0 Å². The van der Waals surface area contributed by atoms with Gasteiger partial charge in [0.15, 0.2) is 0 Å². The van der Waals surface area contributed by atoms with Crippen molar-refractivity contribution in [2.24, 2.45) is 0 Å². The molecule has 0 aliphatic carbocycles. The largest absolute Gasteiger partial charge is 0.379 e. The summed E-state index contributed by atoms with van der Waals surface area (Å²) in [5.74, 6) is 0. The Kier molecular flexibility index (Phi) is 32.6. The Hall–Kier alpha value is -0.240. The fourth-order valence-corrected chi connectivity index (χ4v) is 3.98. The third-order valence-corrected chi connectivity index (χ3v) is 6.31. The number of likely N-dealkylation sites (N-methyl/N-ethyl adjacent to an activating group) is 1. The van der Waals surface area contributed by atoms with E-state index < -0.39 is 0 Å². The molecule has 218 valence electrons. The van der Waals surface area contributed by atoms with E-state index in [4.69, 9.17) is 23.7 Å². The van der Waals surface area contributed by atoms with Crippen LogP contribution in [-0.2, 0) is 23.7 Å². The van der Waals surface area contributed by atoms with Gasteiger partial charge in [0.25, 0.3) is 0 Å². The van der Waals surface area contributed by atoms with Gasteiger partial charge >= 0.3 is 0 Å². The standard InChI is InChI=1S/C30H63NO5/c1-4-5-6-7-8-9-10-11-12-13-14-15-16-17-18-19-21-32-23-25-34-27-29-36-30-28-35-26-24-33-22-20-31(2)3/h4-30H2,1-3H3. The molecule has 0 bridgehead atoms. The van der Waals surface area contributed by atoms with Crippen LogP contribution < -0.4 is 0 Å². The molecule has 6 nitrogen and oxygen atoms in total. The predicted octanol–water partition coefficient (Wildman–Crippen LogP) is 6.89. The molecule has 0 radical (unpaired) electrons. The first-order valence-electron chi connectivity index (χ1n) is 15.3. The van der Waals surface area contributed by atoms with Crippen molar-refractivity contribution in [2.75, 3.05) is 86.7 Å². The minimum Gasteiger partial charge on any atom is -0.379 e. The van der Waals surface area contributed by atoms with Gasteiger partial charge in [-0.1, -0.05) is 103 Å². The summed E-state index contributed by atoms with van der Waals surface area (Å²) >= 11 is 0. The highest BCUT2D eigenvalue weighted by atomic mass is 16.6. The van der Waals surface area contributed by atoms with Crippen LogP contribution >= 0.6 is 0 Å². The highest BCUT2D eigenvalue weighted by molar-refractivity contribution is 4.50. The van der Waals surface area contributed by atoms with Crippen LogP contribution in [0.4, 0.5) is 0 Å². The quantitative estimate of drug-likeness (QED) is 0.0905. The number of ether oxygens (including phenoxy) is 5. The van der Waals surface area contributed by atoms with Crippen LogP contribution in [0.15, 0.2) is 0 Å². The number of nitrogens with zero attached hydrogens (tertiary/aromatic N) is 1. The molecular weight excluding hydrogens is 454 g/mol. The van der Waals surface area contributed by atoms with E-state index in [1.54, 1.807) is 0 Å². The number of hydrogen-bond donors (Lipinski definition) is 0. The van der Waals surface area contributed by atoms with Crippen molar-refractivity contribution < 1.29 is 23.7 Å². The second kappa shape index (κ2) is 32.8. The highest BCUT2D eigenvalue weighted by Crippen LogP contribution is 2.13. The molecule has 36 heavy (non-hydrogen) atoms. The van der Waals surface area contributed by atoms with E-state index in [2.05, 4.69) is 11.8 Å². The highest BCUT2D eigenvalue weighted by Gasteiger charge is 1.96. The Labute approximate surface area is 225 Å². The van der Waals surface area contributed by atoms with Crippen molar-refractivity contribution in [3.63, 3.8) is 0 Å². The second-order valence-corrected chi connectivity index (χ2v) is 10.2. The maximum absolute atomic E-state index is 5.67. The van der Waals surface area contributed by atoms with Crippen LogP contribution in [-0.4, -0.2) is 91.6 Å². The van der Waals surface area contributed by atoms with Crippen molar-refractivity contribution in [1.82, 2.24) is 4.90 Å². The molecule has 0 aromatic heterocycles. The summed E-state index contributed by atoms with van der Waals surface area (Å²) in [7, 11) is 4.08. The average Bonchev–Trinajstić information content (AvgIpc) is 2.87. The fraction of sp³-hybridized carbons (Fsp3) is 1.00. The van der Waals surface area contributed by atoms with E-state index in [9.17, 15) is 0 Å². The minimum atomic E-state index is 0.594. The Bertz CT molecular complexity index is 384. The first kappa shape index (κ1) is 35.8. The molecule has 0 saturated carbocycles. The second-order valence-electron chi connectivity index (χ2n) is 10.2. The van der Waals surface area contributed by atoms with Gasteiger partial charge in [0.05, 0.1) is 59.5 Å². The maximum atomic E-state index is 5.67. The molecular formula is C30H63NO5. The molecule has 0 unspecified atom stereocenters. The average molecular weight is 518 g/mol. The molecule has 0 aromatic rings. The van der Waals surface area contributed by atoms with E-state index >= 15 is 0 Å². The zero-order valence-corrected chi connectivity index (χ0v) is 24.6. The topological polar surface area (TPSA) is 49.4 Å². The smallest absolute Gasteiger partial charge is 0.0701 e. The Morgan fingerprint density at radius 3 is 0.944 bits per heavy atom. The van der Waals surface area contributed by atoms with Crippen LogP contribution in [0.25, 0.3) is 0 Å². The number of rotatable bonds is 32. The zero-order valence-electron chi connectivity index (χ0n) is 24.6. The van der Waals surface area contributed by atoms with Gasteiger partial charge < -0.3 is 28.6 Å². The van der Waals surface area contributed by atoms with Crippen molar-refractivity contribution in [3.8, 4) is 0 Å². The van der Waals surface area contributed by atoms with Gasteiger partial charge in [0.2, 0.25) is 0 Å². The molecule has 0 atom stereocenters. The van der Waals surface area contributed by atoms with E-state index in [-0.39, 0.29) is 0 Å². The summed E-state index contributed by atoms with van der Waals surface area (Å²) in [6.07, 6.45) is 22.4. The fourth-order valence-electron chi connectivity index (χ4n) is 3.98. The monoisotopic (exact) mass is 517 g/mol. The Balaban J connectivity index is 3.01. The summed E-state index contributed by atoms with van der Waals surface area (Å²) in [6, 6.07) is 0. The van der Waals surface area contributed by atoms with Crippen molar-refractivity contribution in [3.05, 3.63) is 0 Å². The molecule has 0 amide bonds. The number of hydrogen-bond acceptors (Lipinski definition) is 6. The first-order chi connectivity index (χ1) is 17.8. The SMILES string of the molecule is CCCCCCCCCCCCCCCCCCOCCOCCOCCOCCOCCN(C)C. The lowest BCUT2D eigenvalue weighted by molar-refractivity contribution is -0.0118. The summed E-state index contributed by atoms with van der Waals surface area (Å²) in [6.45, 7) is 9.79. The normalized spacial score (nSPS) is 11.7. The van der Waals surface area contributed by atoms with Crippen LogP contribution in [0.5, 0.6) is 0 Å². The van der Waals surface area contributed by atoms with Crippen LogP contribution in [0.2, 0.25) is 0 Å². The van der Waals surface area contributed by atoms with Gasteiger partial charge in [-0.05, 0) is 20.5 Å². The van der Waals surface area contributed by atoms with Crippen molar-refractivity contribution in [2.45, 2.75) is 110 Å². The van der Waals surface area contributed by atoms with Gasteiger partial charge in [0, 0.05) is 13.2 Å². The van der Waals surface area contributed by atoms with Crippen LogP contribution in [0.3, 0.4) is 0 Å². The summed E-state index contributed by atoms with van der Waals surface area (Å²) < 4.78 is 27.6. The van der Waals surface area contributed by atoms with Gasteiger partial charge in [-0.2, -0.15) is 0 Å². The lowest BCUT2D eigenvalue weighted by Crippen LogP contribution is -2.19. The van der Waals surface area contributed by atoms with E-state index in [0.29, 0.717) is 52.9 Å². The van der Waals surface area contributed by atoms with Gasteiger partial charge in [-0.15, -0.1) is 0 Å². The van der Waals surface area contributed by atoms with Gasteiger partial charge in [-0.25, -0.2) is 0 Å². The summed E-state index contributed by atoms with van der Waals surface area (Å²) in [5, 5.41) is 0. The molecule has 6 heteroatoms. The molecule has 0 rings (SSSR count).